The molecule has 0 aliphatic carbocycles. The lowest BCUT2D eigenvalue weighted by Gasteiger charge is -2.05. The van der Waals surface area contributed by atoms with Gasteiger partial charge in [-0.3, -0.25) is 0 Å². The Morgan fingerprint density at radius 2 is 1.92 bits per heavy atom. The van der Waals surface area contributed by atoms with Gasteiger partial charge in [0.05, 0.1) is 5.02 Å². The third kappa shape index (κ3) is 1.95. The van der Waals surface area contributed by atoms with E-state index in [1.54, 1.807) is 13.0 Å². The Kier molecular flexibility index (Phi) is 2.54. The van der Waals surface area contributed by atoms with Crippen LogP contribution in [0.5, 0.6) is 5.75 Å². The van der Waals surface area contributed by atoms with E-state index >= 15 is 0 Å². The van der Waals surface area contributed by atoms with Crippen LogP contribution in [0.3, 0.4) is 0 Å². The molecule has 0 amide bonds. The van der Waals surface area contributed by atoms with E-state index in [9.17, 15) is 13.5 Å². The quantitative estimate of drug-likeness (QED) is 0.785. The third-order valence-corrected chi connectivity index (χ3v) is 3.28. The molecule has 0 bridgehead atoms. The van der Waals surface area contributed by atoms with Crippen molar-refractivity contribution in [3.63, 3.8) is 0 Å². The summed E-state index contributed by atoms with van der Waals surface area (Å²) in [6, 6.07) is 2.89. The van der Waals surface area contributed by atoms with Gasteiger partial charge in [-0.05, 0) is 18.6 Å². The van der Waals surface area contributed by atoms with Crippen LogP contribution in [0.15, 0.2) is 17.0 Å². The molecule has 1 aromatic carbocycles. The Hall–Kier alpha value is -0.740. The molecule has 0 fully saturated rings. The van der Waals surface area contributed by atoms with E-state index in [-0.39, 0.29) is 15.7 Å². The zero-order valence-electron chi connectivity index (χ0n) is 7.20. The van der Waals surface area contributed by atoms with Crippen LogP contribution in [-0.4, -0.2) is 19.8 Å². The van der Waals surface area contributed by atoms with Gasteiger partial charge in [0.25, 0.3) is 0 Å². The second-order valence-electron chi connectivity index (χ2n) is 2.82. The van der Waals surface area contributed by atoms with Gasteiger partial charge in [0, 0.05) is 6.26 Å². The summed E-state index contributed by atoms with van der Waals surface area (Å²) >= 11 is 5.67. The van der Waals surface area contributed by atoms with Gasteiger partial charge in [0.2, 0.25) is 0 Å². The summed E-state index contributed by atoms with van der Waals surface area (Å²) in [5, 5.41) is 9.49. The van der Waals surface area contributed by atoms with Crippen LogP contribution in [0, 0.1) is 6.92 Å². The van der Waals surface area contributed by atoms with E-state index in [1.165, 1.54) is 6.07 Å². The minimum atomic E-state index is -3.41. The number of rotatable bonds is 1. The number of hydrogen-bond donors (Lipinski definition) is 1. The molecule has 1 rings (SSSR count). The fraction of sp³-hybridized carbons (Fsp3) is 0.250. The van der Waals surface area contributed by atoms with Crippen molar-refractivity contribution in [2.45, 2.75) is 11.8 Å². The summed E-state index contributed by atoms with van der Waals surface area (Å²) in [5.74, 6) is -0.371. The lowest BCUT2D eigenvalue weighted by Crippen LogP contribution is -1.98. The molecule has 0 aromatic heterocycles. The van der Waals surface area contributed by atoms with Crippen molar-refractivity contribution in [1.29, 1.82) is 0 Å². The maximum Gasteiger partial charge on any atom is 0.179 e. The molecule has 1 N–H and O–H groups in total. The molecule has 0 aliphatic rings. The first-order valence-electron chi connectivity index (χ1n) is 3.52. The smallest absolute Gasteiger partial charge is 0.179 e. The van der Waals surface area contributed by atoms with E-state index in [0.717, 1.165) is 6.26 Å². The van der Waals surface area contributed by atoms with Crippen LogP contribution in [0.2, 0.25) is 5.02 Å². The van der Waals surface area contributed by atoms with E-state index in [1.807, 2.05) is 0 Å². The topological polar surface area (TPSA) is 54.4 Å². The highest BCUT2D eigenvalue weighted by Gasteiger charge is 2.16. The number of halogens is 1. The van der Waals surface area contributed by atoms with Crippen LogP contribution in [0.4, 0.5) is 0 Å². The second-order valence-corrected chi connectivity index (χ2v) is 5.18. The van der Waals surface area contributed by atoms with E-state index in [2.05, 4.69) is 0 Å². The molecule has 0 radical (unpaired) electrons. The van der Waals surface area contributed by atoms with Gasteiger partial charge < -0.3 is 5.11 Å². The number of benzene rings is 1. The van der Waals surface area contributed by atoms with Gasteiger partial charge in [-0.25, -0.2) is 8.42 Å². The normalized spacial score (nSPS) is 11.6. The molecule has 0 heterocycles. The Bertz CT molecular complexity index is 437. The third-order valence-electron chi connectivity index (χ3n) is 1.67. The molecule has 0 spiro atoms. The van der Waals surface area contributed by atoms with Crippen molar-refractivity contribution >= 4 is 21.4 Å². The minimum Gasteiger partial charge on any atom is -0.505 e. The summed E-state index contributed by atoms with van der Waals surface area (Å²) in [6.45, 7) is 1.69. The summed E-state index contributed by atoms with van der Waals surface area (Å²) in [7, 11) is -3.41. The number of sulfone groups is 1. The standard InChI is InChI=1S/C8H9ClO3S/c1-5-3-4-6(13(2,11)12)8(10)7(5)9/h3-4,10H,1-2H3. The van der Waals surface area contributed by atoms with Gasteiger partial charge in [0.1, 0.15) is 4.90 Å². The number of aromatic hydroxyl groups is 1. The molecule has 72 valence electrons. The molecule has 0 saturated carbocycles. The SMILES string of the molecule is Cc1ccc(S(C)(=O)=O)c(O)c1Cl. The lowest BCUT2D eigenvalue weighted by molar-refractivity contribution is 0.459. The first-order valence-corrected chi connectivity index (χ1v) is 5.79. The van der Waals surface area contributed by atoms with Crippen molar-refractivity contribution in [3.05, 3.63) is 22.7 Å². The Labute approximate surface area is 81.9 Å². The molecule has 0 saturated heterocycles. The molecule has 5 heteroatoms. The van der Waals surface area contributed by atoms with Gasteiger partial charge in [-0.2, -0.15) is 0 Å². The first kappa shape index (κ1) is 10.3. The maximum atomic E-state index is 11.1. The predicted molar refractivity (Wildman–Crippen MR) is 51.0 cm³/mol. The highest BCUT2D eigenvalue weighted by atomic mass is 35.5. The Balaban J connectivity index is 3.53. The molecule has 0 unspecified atom stereocenters. The van der Waals surface area contributed by atoms with E-state index in [0.29, 0.717) is 5.56 Å². The van der Waals surface area contributed by atoms with Crippen LogP contribution in [-0.2, 0) is 9.84 Å². The van der Waals surface area contributed by atoms with Gasteiger partial charge in [-0.1, -0.05) is 17.7 Å². The van der Waals surface area contributed by atoms with Gasteiger partial charge in [-0.15, -0.1) is 0 Å². The highest BCUT2D eigenvalue weighted by molar-refractivity contribution is 7.90. The Morgan fingerprint density at radius 1 is 1.38 bits per heavy atom. The van der Waals surface area contributed by atoms with E-state index in [4.69, 9.17) is 11.6 Å². The average molecular weight is 221 g/mol. The summed E-state index contributed by atoms with van der Waals surface area (Å²) in [5.41, 5.74) is 0.645. The fourth-order valence-corrected chi connectivity index (χ4v) is 1.94. The molecular weight excluding hydrogens is 212 g/mol. The maximum absolute atomic E-state index is 11.1. The van der Waals surface area contributed by atoms with Crippen molar-refractivity contribution in [3.8, 4) is 5.75 Å². The number of aryl methyl sites for hydroxylation is 1. The van der Waals surface area contributed by atoms with Crippen LogP contribution in [0.25, 0.3) is 0 Å². The molecule has 0 aliphatic heterocycles. The van der Waals surface area contributed by atoms with Crippen molar-refractivity contribution in [2.75, 3.05) is 6.26 Å². The molecule has 3 nitrogen and oxygen atoms in total. The zero-order valence-corrected chi connectivity index (χ0v) is 8.78. The second kappa shape index (κ2) is 3.20. The monoisotopic (exact) mass is 220 g/mol. The number of hydrogen-bond acceptors (Lipinski definition) is 3. The summed E-state index contributed by atoms with van der Waals surface area (Å²) in [6.07, 6.45) is 1.02. The molecular formula is C8H9ClO3S. The predicted octanol–water partition coefficient (Wildman–Crippen LogP) is 1.76. The summed E-state index contributed by atoms with van der Waals surface area (Å²) in [4.78, 5) is -0.136. The minimum absolute atomic E-state index is 0.0860. The largest absolute Gasteiger partial charge is 0.505 e. The average Bonchev–Trinajstić information content (AvgIpc) is 1.98. The fourth-order valence-electron chi connectivity index (χ4n) is 0.947. The van der Waals surface area contributed by atoms with Crippen LogP contribution in [0.1, 0.15) is 5.56 Å². The molecule has 0 atom stereocenters. The summed E-state index contributed by atoms with van der Waals surface area (Å²) < 4.78 is 22.2. The van der Waals surface area contributed by atoms with Crippen LogP contribution < -0.4 is 0 Å². The molecule has 13 heavy (non-hydrogen) atoms. The van der Waals surface area contributed by atoms with Crippen LogP contribution >= 0.6 is 11.6 Å². The van der Waals surface area contributed by atoms with Crippen molar-refractivity contribution in [1.82, 2.24) is 0 Å². The molecule has 1 aromatic rings. The van der Waals surface area contributed by atoms with Gasteiger partial charge >= 0.3 is 0 Å². The van der Waals surface area contributed by atoms with Gasteiger partial charge in [0.15, 0.2) is 15.6 Å². The number of phenolic OH excluding ortho intramolecular Hbond substituents is 1. The first-order chi connectivity index (χ1) is 5.84. The Morgan fingerprint density at radius 3 is 2.38 bits per heavy atom. The van der Waals surface area contributed by atoms with Crippen molar-refractivity contribution < 1.29 is 13.5 Å². The number of phenols is 1. The zero-order chi connectivity index (χ0) is 10.2. The van der Waals surface area contributed by atoms with Crippen molar-refractivity contribution in [2.24, 2.45) is 0 Å². The highest BCUT2D eigenvalue weighted by Crippen LogP contribution is 2.33. The lowest BCUT2D eigenvalue weighted by atomic mass is 10.2. The van der Waals surface area contributed by atoms with E-state index < -0.39 is 9.84 Å².